The van der Waals surface area contributed by atoms with Crippen LogP contribution in [0.4, 0.5) is 0 Å². The van der Waals surface area contributed by atoms with Crippen LogP contribution in [0.1, 0.15) is 78.6 Å². The van der Waals surface area contributed by atoms with Gasteiger partial charge in [0.15, 0.2) is 0 Å². The number of rotatable bonds is 13. The minimum Gasteiger partial charge on any atom is -0.481 e. The van der Waals surface area contributed by atoms with Gasteiger partial charge in [-0.25, -0.2) is 0 Å². The molecule has 0 spiro atoms. The average Bonchev–Trinajstić information content (AvgIpc) is 2.42. The molecule has 0 aromatic carbocycles. The maximum absolute atomic E-state index is 11.6. The van der Waals surface area contributed by atoms with E-state index in [2.05, 4.69) is 6.92 Å². The molecule has 0 aliphatic carbocycles. The maximum Gasteiger partial charge on any atom is 0.307 e. The molecule has 0 aliphatic heterocycles. The van der Waals surface area contributed by atoms with Gasteiger partial charge in [0.1, 0.15) is 0 Å². The van der Waals surface area contributed by atoms with Crippen molar-refractivity contribution in [1.82, 2.24) is 0 Å². The number of carbonyl (C=O) groups is 2. The Morgan fingerprint density at radius 3 is 2.10 bits per heavy atom. The van der Waals surface area contributed by atoms with Gasteiger partial charge < -0.3 is 9.84 Å². The molecule has 0 fully saturated rings. The lowest BCUT2D eigenvalue weighted by atomic mass is 9.97. The number of aliphatic carboxylic acids is 1. The van der Waals surface area contributed by atoms with Crippen molar-refractivity contribution in [2.24, 2.45) is 11.8 Å². The van der Waals surface area contributed by atoms with Gasteiger partial charge in [-0.15, -0.1) is 0 Å². The normalized spacial score (nSPS) is 12.4. The molecule has 0 aromatic heterocycles. The Kier molecular flexibility index (Phi) is 12.0. The van der Waals surface area contributed by atoms with Crippen LogP contribution in [0.15, 0.2) is 0 Å². The Morgan fingerprint density at radius 2 is 1.57 bits per heavy atom. The van der Waals surface area contributed by atoms with Crippen LogP contribution in [0, 0.1) is 11.8 Å². The molecule has 0 saturated heterocycles. The van der Waals surface area contributed by atoms with E-state index in [1.807, 2.05) is 13.8 Å². The molecule has 0 aliphatic rings. The van der Waals surface area contributed by atoms with Gasteiger partial charge in [0.25, 0.3) is 0 Å². The van der Waals surface area contributed by atoms with Gasteiger partial charge in [0.2, 0.25) is 0 Å². The summed E-state index contributed by atoms with van der Waals surface area (Å²) < 4.78 is 5.05. The lowest BCUT2D eigenvalue weighted by Crippen LogP contribution is -2.20. The summed E-state index contributed by atoms with van der Waals surface area (Å²) in [6.07, 6.45) is 8.65. The number of esters is 1. The number of unbranched alkanes of at least 4 members (excludes halogenated alkanes) is 6. The van der Waals surface area contributed by atoms with Crippen molar-refractivity contribution in [3.05, 3.63) is 0 Å². The lowest BCUT2D eigenvalue weighted by molar-refractivity contribution is -0.152. The molecular weight excluding hydrogens is 268 g/mol. The van der Waals surface area contributed by atoms with Crippen molar-refractivity contribution in [2.45, 2.75) is 78.6 Å². The Labute approximate surface area is 129 Å². The van der Waals surface area contributed by atoms with Crippen molar-refractivity contribution in [1.29, 1.82) is 0 Å². The van der Waals surface area contributed by atoms with Crippen molar-refractivity contribution in [3.8, 4) is 0 Å². The van der Waals surface area contributed by atoms with Crippen LogP contribution >= 0.6 is 0 Å². The second kappa shape index (κ2) is 12.7. The molecule has 1 atom stereocenters. The summed E-state index contributed by atoms with van der Waals surface area (Å²) in [5.41, 5.74) is 0. The Hall–Kier alpha value is -1.06. The van der Waals surface area contributed by atoms with Gasteiger partial charge in [-0.1, -0.05) is 65.7 Å². The van der Waals surface area contributed by atoms with Gasteiger partial charge in [-0.2, -0.15) is 0 Å². The van der Waals surface area contributed by atoms with Crippen molar-refractivity contribution in [3.63, 3.8) is 0 Å². The fraction of sp³-hybridized carbons (Fsp3) is 0.882. The Morgan fingerprint density at radius 1 is 1.00 bits per heavy atom. The molecule has 21 heavy (non-hydrogen) atoms. The summed E-state index contributed by atoms with van der Waals surface area (Å²) in [5, 5.41) is 9.16. The topological polar surface area (TPSA) is 63.6 Å². The van der Waals surface area contributed by atoms with Crippen LogP contribution in [-0.2, 0) is 14.3 Å². The van der Waals surface area contributed by atoms with Crippen molar-refractivity contribution < 1.29 is 19.4 Å². The van der Waals surface area contributed by atoms with Crippen LogP contribution in [-0.4, -0.2) is 23.7 Å². The summed E-state index contributed by atoms with van der Waals surface area (Å²) in [6, 6.07) is 0. The Balaban J connectivity index is 3.82. The number of carboxylic acids is 1. The first-order chi connectivity index (χ1) is 9.97. The van der Waals surface area contributed by atoms with Crippen molar-refractivity contribution in [2.75, 3.05) is 6.61 Å². The monoisotopic (exact) mass is 300 g/mol. The quantitative estimate of drug-likeness (QED) is 0.404. The minimum atomic E-state index is -0.887. The van der Waals surface area contributed by atoms with Gasteiger partial charge in [-0.05, 0) is 12.3 Å². The van der Waals surface area contributed by atoms with E-state index < -0.39 is 11.9 Å². The average molecular weight is 300 g/mol. The van der Waals surface area contributed by atoms with Crippen LogP contribution < -0.4 is 0 Å². The minimum absolute atomic E-state index is 0.00210. The van der Waals surface area contributed by atoms with Crippen molar-refractivity contribution >= 4 is 11.9 Å². The zero-order valence-electron chi connectivity index (χ0n) is 13.9. The highest BCUT2D eigenvalue weighted by atomic mass is 16.5. The molecule has 124 valence electrons. The number of hydrogen-bond acceptors (Lipinski definition) is 3. The van der Waals surface area contributed by atoms with E-state index in [1.54, 1.807) is 0 Å². The summed E-state index contributed by atoms with van der Waals surface area (Å²) in [5.74, 6) is -1.60. The maximum atomic E-state index is 11.6. The van der Waals surface area contributed by atoms with Crippen LogP contribution in [0.3, 0.4) is 0 Å². The number of carboxylic acid groups (broad SMARTS) is 1. The summed E-state index contributed by atoms with van der Waals surface area (Å²) >= 11 is 0. The molecule has 0 heterocycles. The van der Waals surface area contributed by atoms with Gasteiger partial charge >= 0.3 is 11.9 Å². The third kappa shape index (κ3) is 12.4. The first kappa shape index (κ1) is 19.9. The summed E-state index contributed by atoms with van der Waals surface area (Å²) in [6.45, 7) is 6.47. The molecule has 1 N–H and O–H groups in total. The smallest absolute Gasteiger partial charge is 0.307 e. The van der Waals surface area contributed by atoms with Crippen LogP contribution in [0.25, 0.3) is 0 Å². The fourth-order valence-corrected chi connectivity index (χ4v) is 2.18. The molecule has 4 nitrogen and oxygen atoms in total. The zero-order valence-corrected chi connectivity index (χ0v) is 13.9. The SMILES string of the molecule is CCCCCCCCCC(CC(=O)OCC(C)C)C(=O)O. The molecule has 0 bridgehead atoms. The largest absolute Gasteiger partial charge is 0.481 e. The highest BCUT2D eigenvalue weighted by Gasteiger charge is 2.21. The highest BCUT2D eigenvalue weighted by Crippen LogP contribution is 2.17. The lowest BCUT2D eigenvalue weighted by Gasteiger charge is -2.12. The number of carbonyl (C=O) groups excluding carboxylic acids is 1. The predicted molar refractivity (Wildman–Crippen MR) is 84.1 cm³/mol. The number of ether oxygens (including phenoxy) is 1. The van der Waals surface area contributed by atoms with Crippen LogP contribution in [0.2, 0.25) is 0 Å². The molecule has 0 saturated carbocycles. The molecule has 0 radical (unpaired) electrons. The molecule has 4 heteroatoms. The standard InChI is InChI=1S/C17H32O4/c1-4-5-6-7-8-9-10-11-15(17(19)20)12-16(18)21-13-14(2)3/h14-15H,4-13H2,1-3H3,(H,19,20). The first-order valence-electron chi connectivity index (χ1n) is 8.35. The van der Waals surface area contributed by atoms with E-state index in [0.29, 0.717) is 13.0 Å². The van der Waals surface area contributed by atoms with Gasteiger partial charge in [0, 0.05) is 0 Å². The van der Waals surface area contributed by atoms with E-state index in [1.165, 1.54) is 25.7 Å². The zero-order chi connectivity index (χ0) is 16.1. The van der Waals surface area contributed by atoms with Gasteiger partial charge in [0.05, 0.1) is 18.9 Å². The van der Waals surface area contributed by atoms with E-state index >= 15 is 0 Å². The van der Waals surface area contributed by atoms with E-state index in [-0.39, 0.29) is 18.3 Å². The fourth-order valence-electron chi connectivity index (χ4n) is 2.18. The Bertz CT molecular complexity index is 287. The first-order valence-corrected chi connectivity index (χ1v) is 8.35. The van der Waals surface area contributed by atoms with E-state index in [0.717, 1.165) is 19.3 Å². The summed E-state index contributed by atoms with van der Waals surface area (Å²) in [4.78, 5) is 22.8. The third-order valence-corrected chi connectivity index (χ3v) is 3.50. The molecule has 1 unspecified atom stereocenters. The number of hydrogen-bond donors (Lipinski definition) is 1. The molecular formula is C17H32O4. The molecule has 0 amide bonds. The van der Waals surface area contributed by atoms with E-state index in [4.69, 9.17) is 9.84 Å². The van der Waals surface area contributed by atoms with Crippen LogP contribution in [0.5, 0.6) is 0 Å². The molecule has 0 rings (SSSR count). The molecule has 0 aromatic rings. The van der Waals surface area contributed by atoms with E-state index in [9.17, 15) is 9.59 Å². The van der Waals surface area contributed by atoms with Gasteiger partial charge in [-0.3, -0.25) is 9.59 Å². The predicted octanol–water partition coefficient (Wildman–Crippen LogP) is 4.42. The highest BCUT2D eigenvalue weighted by molar-refractivity contribution is 5.78. The third-order valence-electron chi connectivity index (χ3n) is 3.50. The summed E-state index contributed by atoms with van der Waals surface area (Å²) in [7, 11) is 0. The second-order valence-corrected chi connectivity index (χ2v) is 6.23. The second-order valence-electron chi connectivity index (χ2n) is 6.23.